The number of carbonyl (C=O) groups is 3. The molecule has 1 unspecified atom stereocenters. The minimum Gasteiger partial charge on any atom is -0.508 e. The molecule has 0 aliphatic rings. The number of aliphatic carboxylic acids is 1. The quantitative estimate of drug-likeness (QED) is 0.576. The van der Waals surface area contributed by atoms with Crippen LogP contribution in [0.1, 0.15) is 52.6 Å². The zero-order valence-corrected chi connectivity index (χ0v) is 16.3. The molecule has 0 saturated carbocycles. The van der Waals surface area contributed by atoms with Gasteiger partial charge in [0.05, 0.1) is 0 Å². The highest BCUT2D eigenvalue weighted by Crippen LogP contribution is 2.19. The van der Waals surface area contributed by atoms with Crippen molar-refractivity contribution in [2.75, 3.05) is 0 Å². The van der Waals surface area contributed by atoms with Crippen molar-refractivity contribution in [3.63, 3.8) is 0 Å². The topological polar surface area (TPSA) is 125 Å². The van der Waals surface area contributed by atoms with E-state index >= 15 is 0 Å². The van der Waals surface area contributed by atoms with Crippen molar-refractivity contribution in [2.24, 2.45) is 5.92 Å². The summed E-state index contributed by atoms with van der Waals surface area (Å²) in [5.74, 6) is -2.14. The molecular weight excluding hydrogens is 352 g/mol. The fraction of sp³-hybridized carbons (Fsp3) is 0.526. The van der Waals surface area contributed by atoms with Crippen molar-refractivity contribution in [3.05, 3.63) is 29.8 Å². The molecule has 0 aromatic heterocycles. The third kappa shape index (κ3) is 7.16. The summed E-state index contributed by atoms with van der Waals surface area (Å²) in [7, 11) is 0. The van der Waals surface area contributed by atoms with E-state index in [2.05, 4.69) is 10.6 Å². The van der Waals surface area contributed by atoms with E-state index in [-0.39, 0.29) is 11.7 Å². The number of hydrogen-bond acceptors (Lipinski definition) is 5. The summed E-state index contributed by atoms with van der Waals surface area (Å²) in [6.45, 7) is 8.75. The number of aromatic hydroxyl groups is 1. The van der Waals surface area contributed by atoms with Crippen LogP contribution in [0.15, 0.2) is 24.3 Å². The number of benzene rings is 1. The lowest BCUT2D eigenvalue weighted by Crippen LogP contribution is -2.52. The third-order valence-electron chi connectivity index (χ3n) is 3.93. The van der Waals surface area contributed by atoms with Crippen molar-refractivity contribution in [2.45, 2.75) is 58.7 Å². The number of phenolic OH excluding ortho intramolecular Hbond substituents is 1. The molecule has 1 rings (SSSR count). The van der Waals surface area contributed by atoms with Gasteiger partial charge in [-0.05, 0) is 44.4 Å². The summed E-state index contributed by atoms with van der Waals surface area (Å²) in [6.07, 6.45) is -0.162. The van der Waals surface area contributed by atoms with Gasteiger partial charge in [0.15, 0.2) is 6.04 Å². The number of hydrogen-bond donors (Lipinski definition) is 4. The summed E-state index contributed by atoms with van der Waals surface area (Å²) in [5.41, 5.74) is -0.426. The van der Waals surface area contributed by atoms with Crippen LogP contribution in [0.4, 0.5) is 4.79 Å². The minimum absolute atomic E-state index is 0.0155. The zero-order valence-electron chi connectivity index (χ0n) is 16.3. The largest absolute Gasteiger partial charge is 0.508 e. The molecule has 2 amide bonds. The highest BCUT2D eigenvalue weighted by atomic mass is 16.6. The molecule has 0 heterocycles. The zero-order chi connectivity index (χ0) is 20.8. The Bertz CT molecular complexity index is 666. The van der Waals surface area contributed by atoms with Gasteiger partial charge in [-0.15, -0.1) is 0 Å². The Balaban J connectivity index is 2.97. The number of carbonyl (C=O) groups excluding carboxylic acids is 2. The van der Waals surface area contributed by atoms with Crippen molar-refractivity contribution in [1.29, 1.82) is 0 Å². The van der Waals surface area contributed by atoms with Crippen LogP contribution < -0.4 is 10.6 Å². The first-order chi connectivity index (χ1) is 12.4. The molecule has 0 fully saturated rings. The Morgan fingerprint density at radius 2 is 1.67 bits per heavy atom. The van der Waals surface area contributed by atoms with Crippen LogP contribution in [0.5, 0.6) is 5.75 Å². The maximum atomic E-state index is 12.7. The van der Waals surface area contributed by atoms with E-state index in [1.165, 1.54) is 24.3 Å². The molecule has 1 aromatic carbocycles. The van der Waals surface area contributed by atoms with Crippen LogP contribution in [0.3, 0.4) is 0 Å². The van der Waals surface area contributed by atoms with E-state index in [1.807, 2.05) is 6.92 Å². The number of carboxylic acid groups (broad SMARTS) is 1. The van der Waals surface area contributed by atoms with Gasteiger partial charge in [-0.3, -0.25) is 4.79 Å². The maximum absolute atomic E-state index is 12.7. The number of alkyl carbamates (subject to hydrolysis) is 1. The first kappa shape index (κ1) is 22.3. The van der Waals surface area contributed by atoms with Crippen LogP contribution in [0.2, 0.25) is 0 Å². The van der Waals surface area contributed by atoms with Crippen molar-refractivity contribution in [3.8, 4) is 5.75 Å². The molecule has 8 nitrogen and oxygen atoms in total. The monoisotopic (exact) mass is 380 g/mol. The molecule has 1 aromatic rings. The second kappa shape index (κ2) is 9.25. The Morgan fingerprint density at radius 3 is 2.11 bits per heavy atom. The Kier molecular flexibility index (Phi) is 7.63. The molecular formula is C19H28N2O6. The molecule has 8 heteroatoms. The predicted molar refractivity (Wildman–Crippen MR) is 99.2 cm³/mol. The Labute approximate surface area is 158 Å². The van der Waals surface area contributed by atoms with E-state index in [0.717, 1.165) is 0 Å². The van der Waals surface area contributed by atoms with E-state index < -0.39 is 35.7 Å². The molecule has 0 bridgehead atoms. The molecule has 0 aliphatic heterocycles. The van der Waals surface area contributed by atoms with Gasteiger partial charge in [0.2, 0.25) is 5.91 Å². The molecule has 0 spiro atoms. The SMILES string of the molecule is CC[C@H](C)[C@H](NC(=O)OC(C)(C)C)C(=O)NC(C(=O)O)c1ccc(O)cc1. The average Bonchev–Trinajstić information content (AvgIpc) is 2.55. The Morgan fingerprint density at radius 1 is 1.11 bits per heavy atom. The smallest absolute Gasteiger partial charge is 0.408 e. The highest BCUT2D eigenvalue weighted by Gasteiger charge is 2.31. The molecule has 0 saturated heterocycles. The van der Waals surface area contributed by atoms with Gasteiger partial charge < -0.3 is 25.6 Å². The van der Waals surface area contributed by atoms with E-state index in [1.54, 1.807) is 27.7 Å². The van der Waals surface area contributed by atoms with E-state index in [9.17, 15) is 24.6 Å². The second-order valence-electron chi connectivity index (χ2n) is 7.38. The van der Waals surface area contributed by atoms with Gasteiger partial charge in [-0.2, -0.15) is 0 Å². The number of phenols is 1. The minimum atomic E-state index is -1.31. The molecule has 4 N–H and O–H groups in total. The van der Waals surface area contributed by atoms with Gasteiger partial charge >= 0.3 is 12.1 Å². The Hall–Kier alpha value is -2.77. The van der Waals surface area contributed by atoms with Crippen LogP contribution in [0, 0.1) is 5.92 Å². The number of carboxylic acids is 1. The lowest BCUT2D eigenvalue weighted by atomic mass is 9.97. The highest BCUT2D eigenvalue weighted by molar-refractivity contribution is 5.90. The molecule has 27 heavy (non-hydrogen) atoms. The fourth-order valence-corrected chi connectivity index (χ4v) is 2.32. The lowest BCUT2D eigenvalue weighted by molar-refractivity contribution is -0.142. The average molecular weight is 380 g/mol. The standard InChI is InChI=1S/C19H28N2O6/c1-6-11(2)14(21-18(26)27-19(3,4)5)16(23)20-15(17(24)25)12-7-9-13(22)10-8-12/h7-11,14-15,22H,6H2,1-5H3,(H,20,23)(H,21,26)(H,24,25)/t11-,14-,15?/m0/s1. The van der Waals surface area contributed by atoms with Crippen LogP contribution in [-0.2, 0) is 14.3 Å². The second-order valence-corrected chi connectivity index (χ2v) is 7.38. The maximum Gasteiger partial charge on any atom is 0.408 e. The van der Waals surface area contributed by atoms with Gasteiger partial charge in [0.25, 0.3) is 0 Å². The number of rotatable bonds is 7. The predicted octanol–water partition coefficient (Wildman–Crippen LogP) is 2.57. The summed E-state index contributed by atoms with van der Waals surface area (Å²) in [4.78, 5) is 36.4. The first-order valence-electron chi connectivity index (χ1n) is 8.76. The molecule has 150 valence electrons. The molecule has 0 radical (unpaired) electrons. The van der Waals surface area contributed by atoms with E-state index in [0.29, 0.717) is 12.0 Å². The first-order valence-corrected chi connectivity index (χ1v) is 8.76. The van der Waals surface area contributed by atoms with Crippen LogP contribution >= 0.6 is 0 Å². The summed E-state index contributed by atoms with van der Waals surface area (Å²) < 4.78 is 5.19. The third-order valence-corrected chi connectivity index (χ3v) is 3.93. The number of ether oxygens (including phenoxy) is 1. The molecule has 0 aliphatic carbocycles. The van der Waals surface area contributed by atoms with Crippen molar-refractivity contribution < 1.29 is 29.3 Å². The normalized spacial score (nSPS) is 14.6. The van der Waals surface area contributed by atoms with Gasteiger partial charge in [-0.25, -0.2) is 9.59 Å². The van der Waals surface area contributed by atoms with Gasteiger partial charge in [0.1, 0.15) is 17.4 Å². The summed E-state index contributed by atoms with van der Waals surface area (Å²) in [5, 5.41) is 23.8. The summed E-state index contributed by atoms with van der Waals surface area (Å²) in [6, 6.07) is 3.22. The van der Waals surface area contributed by atoms with Crippen LogP contribution in [0.25, 0.3) is 0 Å². The lowest BCUT2D eigenvalue weighted by Gasteiger charge is -2.27. The van der Waals surface area contributed by atoms with Crippen molar-refractivity contribution >= 4 is 18.0 Å². The number of nitrogens with one attached hydrogen (secondary N) is 2. The van der Waals surface area contributed by atoms with Gasteiger partial charge in [-0.1, -0.05) is 32.4 Å². The number of amides is 2. The van der Waals surface area contributed by atoms with Crippen LogP contribution in [-0.4, -0.2) is 39.8 Å². The van der Waals surface area contributed by atoms with Gasteiger partial charge in [0, 0.05) is 0 Å². The molecule has 3 atom stereocenters. The summed E-state index contributed by atoms with van der Waals surface area (Å²) >= 11 is 0. The van der Waals surface area contributed by atoms with E-state index in [4.69, 9.17) is 4.74 Å². The fourth-order valence-electron chi connectivity index (χ4n) is 2.32. The van der Waals surface area contributed by atoms with Crippen molar-refractivity contribution in [1.82, 2.24) is 10.6 Å².